The predicted molar refractivity (Wildman–Crippen MR) is 107 cm³/mol. The molecule has 140 valence electrons. The van der Waals surface area contributed by atoms with Crippen molar-refractivity contribution in [1.29, 1.82) is 0 Å². The van der Waals surface area contributed by atoms with Crippen LogP contribution in [0.2, 0.25) is 0 Å². The van der Waals surface area contributed by atoms with Crippen LogP contribution >= 0.6 is 0 Å². The lowest BCUT2D eigenvalue weighted by Crippen LogP contribution is -2.48. The van der Waals surface area contributed by atoms with Gasteiger partial charge >= 0.3 is 0 Å². The van der Waals surface area contributed by atoms with E-state index >= 15 is 0 Å². The van der Waals surface area contributed by atoms with Crippen molar-refractivity contribution in [2.24, 2.45) is 17.8 Å². The van der Waals surface area contributed by atoms with Gasteiger partial charge in [0, 0.05) is 5.69 Å². The van der Waals surface area contributed by atoms with Crippen molar-refractivity contribution < 1.29 is 9.53 Å². The lowest BCUT2D eigenvalue weighted by atomic mass is 9.48. The Morgan fingerprint density at radius 1 is 0.926 bits per heavy atom. The van der Waals surface area contributed by atoms with Gasteiger partial charge in [0.15, 0.2) is 0 Å². The van der Waals surface area contributed by atoms with Crippen LogP contribution in [0.25, 0.3) is 0 Å². The number of amides is 1. The molecule has 4 aliphatic rings. The highest BCUT2D eigenvalue weighted by atomic mass is 16.5. The number of ether oxygens (including phenoxy) is 1. The molecule has 0 spiro atoms. The SMILES string of the molecule is COc1ccccc1C(=O)Nc1ccc(C23CC4CC(CC(C4)C2)C3)cc1. The van der Waals surface area contributed by atoms with Crippen molar-refractivity contribution in [2.75, 3.05) is 12.4 Å². The van der Waals surface area contributed by atoms with E-state index in [1.165, 1.54) is 44.1 Å². The fourth-order valence-corrected chi connectivity index (χ4v) is 6.40. The van der Waals surface area contributed by atoms with Crippen LogP contribution in [0.15, 0.2) is 48.5 Å². The summed E-state index contributed by atoms with van der Waals surface area (Å²) in [5.74, 6) is 3.30. The topological polar surface area (TPSA) is 38.3 Å². The van der Waals surface area contributed by atoms with Gasteiger partial charge in [-0.1, -0.05) is 24.3 Å². The van der Waals surface area contributed by atoms with E-state index in [1.807, 2.05) is 18.2 Å². The van der Waals surface area contributed by atoms with Gasteiger partial charge in [0.2, 0.25) is 0 Å². The van der Waals surface area contributed by atoms with Gasteiger partial charge in [-0.15, -0.1) is 0 Å². The molecule has 3 nitrogen and oxygen atoms in total. The maximum atomic E-state index is 12.6. The first-order valence-electron chi connectivity index (χ1n) is 10.2. The molecule has 4 bridgehead atoms. The summed E-state index contributed by atoms with van der Waals surface area (Å²) >= 11 is 0. The van der Waals surface area contributed by atoms with Crippen molar-refractivity contribution in [1.82, 2.24) is 0 Å². The van der Waals surface area contributed by atoms with E-state index in [0.717, 1.165) is 23.4 Å². The second-order valence-corrected chi connectivity index (χ2v) is 8.93. The van der Waals surface area contributed by atoms with Crippen molar-refractivity contribution in [3.05, 3.63) is 59.7 Å². The predicted octanol–water partition coefficient (Wildman–Crippen LogP) is 5.42. The number of hydrogen-bond donors (Lipinski definition) is 1. The summed E-state index contributed by atoms with van der Waals surface area (Å²) in [6, 6.07) is 16.0. The Kier molecular flexibility index (Phi) is 3.99. The van der Waals surface area contributed by atoms with Crippen molar-refractivity contribution in [2.45, 2.75) is 43.9 Å². The van der Waals surface area contributed by atoms with Gasteiger partial charge in [-0.05, 0) is 91.5 Å². The third-order valence-corrected chi connectivity index (χ3v) is 7.14. The molecule has 0 aliphatic heterocycles. The number of methoxy groups -OCH3 is 1. The third-order valence-electron chi connectivity index (χ3n) is 7.14. The van der Waals surface area contributed by atoms with Crippen LogP contribution in [-0.2, 0) is 5.41 Å². The van der Waals surface area contributed by atoms with Gasteiger partial charge in [-0.25, -0.2) is 0 Å². The monoisotopic (exact) mass is 361 g/mol. The average molecular weight is 361 g/mol. The van der Waals surface area contributed by atoms with Crippen LogP contribution in [0.1, 0.15) is 54.4 Å². The molecule has 1 amide bonds. The molecule has 3 heteroatoms. The molecule has 1 N–H and O–H groups in total. The van der Waals surface area contributed by atoms with E-state index in [0.29, 0.717) is 16.7 Å². The molecule has 0 atom stereocenters. The summed E-state index contributed by atoms with van der Waals surface area (Å²) in [6.45, 7) is 0. The fourth-order valence-electron chi connectivity index (χ4n) is 6.40. The summed E-state index contributed by atoms with van der Waals surface area (Å²) in [5, 5.41) is 3.01. The average Bonchev–Trinajstić information content (AvgIpc) is 2.67. The minimum absolute atomic E-state index is 0.130. The molecule has 2 aromatic carbocycles. The Balaban J connectivity index is 1.34. The number of anilines is 1. The molecule has 27 heavy (non-hydrogen) atoms. The summed E-state index contributed by atoms with van der Waals surface area (Å²) in [4.78, 5) is 12.6. The molecule has 0 saturated heterocycles. The minimum atomic E-state index is -0.130. The molecule has 0 aromatic heterocycles. The molecule has 6 rings (SSSR count). The fraction of sp³-hybridized carbons (Fsp3) is 0.458. The molecule has 4 aliphatic carbocycles. The highest BCUT2D eigenvalue weighted by molar-refractivity contribution is 6.06. The summed E-state index contributed by atoms with van der Waals surface area (Å²) in [7, 11) is 1.59. The van der Waals surface area contributed by atoms with E-state index in [9.17, 15) is 4.79 Å². The summed E-state index contributed by atoms with van der Waals surface area (Å²) < 4.78 is 5.30. The molecule has 0 unspecified atom stereocenters. The number of nitrogens with one attached hydrogen (secondary N) is 1. The smallest absolute Gasteiger partial charge is 0.259 e. The summed E-state index contributed by atoms with van der Waals surface area (Å²) in [6.07, 6.45) is 8.49. The second kappa shape index (κ2) is 6.40. The molecule has 4 fully saturated rings. The van der Waals surface area contributed by atoms with Crippen LogP contribution in [-0.4, -0.2) is 13.0 Å². The number of carbonyl (C=O) groups excluding carboxylic acids is 1. The quantitative estimate of drug-likeness (QED) is 0.790. The Morgan fingerprint density at radius 3 is 2.11 bits per heavy atom. The molecule has 0 heterocycles. The first-order valence-corrected chi connectivity index (χ1v) is 10.2. The largest absolute Gasteiger partial charge is 0.496 e. The first kappa shape index (κ1) is 16.9. The second-order valence-electron chi connectivity index (χ2n) is 8.93. The standard InChI is InChI=1S/C24H27NO2/c1-27-22-5-3-2-4-21(22)23(26)25-20-8-6-19(7-9-20)24-13-16-10-17(14-24)12-18(11-16)15-24/h2-9,16-18H,10-15H2,1H3,(H,25,26). The maximum Gasteiger partial charge on any atom is 0.259 e. The van der Waals surface area contributed by atoms with E-state index in [1.54, 1.807) is 13.2 Å². The maximum absolute atomic E-state index is 12.6. The van der Waals surface area contributed by atoms with Crippen molar-refractivity contribution in [3.8, 4) is 5.75 Å². The number of carbonyl (C=O) groups is 1. The Labute approximate surface area is 161 Å². The number of rotatable bonds is 4. The van der Waals surface area contributed by atoms with Crippen LogP contribution in [0, 0.1) is 17.8 Å². The number of para-hydroxylation sites is 1. The lowest BCUT2D eigenvalue weighted by Gasteiger charge is -2.57. The zero-order chi connectivity index (χ0) is 18.4. The van der Waals surface area contributed by atoms with Crippen LogP contribution < -0.4 is 10.1 Å². The van der Waals surface area contributed by atoms with E-state index in [4.69, 9.17) is 4.74 Å². The zero-order valence-electron chi connectivity index (χ0n) is 15.9. The molecule has 2 aromatic rings. The zero-order valence-corrected chi connectivity index (χ0v) is 15.9. The van der Waals surface area contributed by atoms with Gasteiger partial charge in [-0.3, -0.25) is 4.79 Å². The minimum Gasteiger partial charge on any atom is -0.496 e. The third kappa shape index (κ3) is 2.93. The Hall–Kier alpha value is -2.29. The number of benzene rings is 2. The highest BCUT2D eigenvalue weighted by Crippen LogP contribution is 2.60. The molecular formula is C24H27NO2. The van der Waals surface area contributed by atoms with Crippen LogP contribution in [0.4, 0.5) is 5.69 Å². The van der Waals surface area contributed by atoms with E-state index < -0.39 is 0 Å². The van der Waals surface area contributed by atoms with E-state index in [-0.39, 0.29) is 5.91 Å². The van der Waals surface area contributed by atoms with Crippen molar-refractivity contribution in [3.63, 3.8) is 0 Å². The number of hydrogen-bond acceptors (Lipinski definition) is 2. The first-order chi connectivity index (χ1) is 13.1. The van der Waals surface area contributed by atoms with Crippen LogP contribution in [0.5, 0.6) is 5.75 Å². The van der Waals surface area contributed by atoms with Crippen LogP contribution in [0.3, 0.4) is 0 Å². The van der Waals surface area contributed by atoms with Gasteiger partial charge in [0.25, 0.3) is 5.91 Å². The Bertz CT molecular complexity index is 820. The molecule has 4 saturated carbocycles. The van der Waals surface area contributed by atoms with Gasteiger partial charge in [0.05, 0.1) is 12.7 Å². The van der Waals surface area contributed by atoms with Gasteiger partial charge in [-0.2, -0.15) is 0 Å². The molecular weight excluding hydrogens is 334 g/mol. The molecule has 0 radical (unpaired) electrons. The van der Waals surface area contributed by atoms with Gasteiger partial charge in [0.1, 0.15) is 5.75 Å². The lowest BCUT2D eigenvalue weighted by molar-refractivity contribution is -0.00518. The van der Waals surface area contributed by atoms with Crippen molar-refractivity contribution >= 4 is 11.6 Å². The van der Waals surface area contributed by atoms with E-state index in [2.05, 4.69) is 29.6 Å². The van der Waals surface area contributed by atoms with Gasteiger partial charge < -0.3 is 10.1 Å². The normalized spacial score (nSPS) is 30.9. The highest BCUT2D eigenvalue weighted by Gasteiger charge is 2.51. The Morgan fingerprint density at radius 2 is 1.52 bits per heavy atom. The summed E-state index contributed by atoms with van der Waals surface area (Å²) in [5.41, 5.74) is 3.29.